The number of carbonyl (C=O) groups excluding carboxylic acids is 2. The molecular formula is C54H112N2O4. The Kier molecular flexibility index (Phi) is 53.2. The summed E-state index contributed by atoms with van der Waals surface area (Å²) in [5.41, 5.74) is 0. The molecule has 6 nitrogen and oxygen atoms in total. The zero-order chi connectivity index (χ0) is 45.3. The van der Waals surface area contributed by atoms with Crippen molar-refractivity contribution in [1.82, 2.24) is 0 Å². The Balaban J connectivity index is -0.000000884. The molecule has 0 aromatic heterocycles. The Labute approximate surface area is 378 Å². The molecule has 0 fully saturated rings. The lowest BCUT2D eigenvalue weighted by atomic mass is 10.1. The van der Waals surface area contributed by atoms with Crippen molar-refractivity contribution in [3.63, 3.8) is 0 Å². The first-order valence-corrected chi connectivity index (χ1v) is 27.2. The lowest BCUT2D eigenvalue weighted by molar-refractivity contribution is -0.925. The number of aliphatic carboxylic acids is 2. The van der Waals surface area contributed by atoms with Gasteiger partial charge in [0, 0.05) is 11.9 Å². The molecule has 6 heteroatoms. The van der Waals surface area contributed by atoms with Gasteiger partial charge in [0.25, 0.3) is 0 Å². The zero-order valence-corrected chi connectivity index (χ0v) is 42.6. The molecular weight excluding hydrogens is 741 g/mol. The lowest BCUT2D eigenvalue weighted by Crippen LogP contribution is -2.49. The second-order valence-electron chi connectivity index (χ2n) is 18.7. The van der Waals surface area contributed by atoms with Gasteiger partial charge in [-0.05, 0) is 105 Å². The Morgan fingerprint density at radius 3 is 0.583 bits per heavy atom. The second kappa shape index (κ2) is 50.5. The molecule has 0 spiro atoms. The Bertz CT molecular complexity index is 730. The van der Waals surface area contributed by atoms with Crippen molar-refractivity contribution in [3.05, 3.63) is 0 Å². The van der Waals surface area contributed by atoms with Gasteiger partial charge >= 0.3 is 0 Å². The fourth-order valence-corrected chi connectivity index (χ4v) is 8.80. The summed E-state index contributed by atoms with van der Waals surface area (Å²) in [4.78, 5) is 19.5. The van der Waals surface area contributed by atoms with Gasteiger partial charge in [0.05, 0.1) is 52.4 Å². The van der Waals surface area contributed by atoms with Crippen molar-refractivity contribution in [1.29, 1.82) is 0 Å². The molecule has 60 heavy (non-hydrogen) atoms. The van der Waals surface area contributed by atoms with Crippen LogP contribution in [-0.4, -0.2) is 73.3 Å². The van der Waals surface area contributed by atoms with Gasteiger partial charge < -0.3 is 28.8 Å². The SMILES string of the molecule is CCCCCCCCCC[N+](CC)(CC)CCCCCCCCCC.CCCCCCCCCC[N+](CC)(CC)CCCCCCCCCC.O=C([O-])CCCCC(=O)[O-]. The summed E-state index contributed by atoms with van der Waals surface area (Å²) in [5, 5.41) is 19.5. The van der Waals surface area contributed by atoms with E-state index in [2.05, 4.69) is 55.4 Å². The van der Waals surface area contributed by atoms with E-state index >= 15 is 0 Å². The van der Waals surface area contributed by atoms with Crippen LogP contribution in [0.15, 0.2) is 0 Å². The molecule has 0 aliphatic heterocycles. The molecule has 0 aromatic carbocycles. The first-order chi connectivity index (χ1) is 29.1. The summed E-state index contributed by atoms with van der Waals surface area (Å²) in [6, 6.07) is 0. The molecule has 0 aliphatic carbocycles. The van der Waals surface area contributed by atoms with E-state index in [1.165, 1.54) is 267 Å². The lowest BCUT2D eigenvalue weighted by Gasteiger charge is -2.37. The molecule has 0 rings (SSSR count). The minimum atomic E-state index is -1.14. The maximum Gasteiger partial charge on any atom is 0.0786 e. The first-order valence-electron chi connectivity index (χ1n) is 27.2. The van der Waals surface area contributed by atoms with Crippen LogP contribution in [0.25, 0.3) is 0 Å². The highest BCUT2D eigenvalue weighted by Crippen LogP contribution is 2.18. The highest BCUT2D eigenvalue weighted by molar-refractivity contribution is 5.65. The molecule has 0 atom stereocenters. The average Bonchev–Trinajstić information content (AvgIpc) is 3.25. The van der Waals surface area contributed by atoms with E-state index in [1.54, 1.807) is 0 Å². The van der Waals surface area contributed by atoms with Crippen LogP contribution >= 0.6 is 0 Å². The number of carboxylic acid groups (broad SMARTS) is 2. The van der Waals surface area contributed by atoms with Crippen molar-refractivity contribution in [3.8, 4) is 0 Å². The van der Waals surface area contributed by atoms with E-state index in [-0.39, 0.29) is 12.8 Å². The monoisotopic (exact) mass is 853 g/mol. The van der Waals surface area contributed by atoms with Crippen LogP contribution in [0.4, 0.5) is 0 Å². The van der Waals surface area contributed by atoms with Gasteiger partial charge in [-0.1, -0.05) is 182 Å². The van der Waals surface area contributed by atoms with Gasteiger partial charge in [0.15, 0.2) is 0 Å². The number of rotatable bonds is 45. The quantitative estimate of drug-likeness (QED) is 0.0451. The fraction of sp³-hybridized carbons (Fsp3) is 0.963. The van der Waals surface area contributed by atoms with Crippen LogP contribution in [0.2, 0.25) is 0 Å². The van der Waals surface area contributed by atoms with E-state index in [4.69, 9.17) is 0 Å². The van der Waals surface area contributed by atoms with Crippen molar-refractivity contribution in [2.24, 2.45) is 0 Å². The molecule has 0 bridgehead atoms. The summed E-state index contributed by atoms with van der Waals surface area (Å²) >= 11 is 0. The van der Waals surface area contributed by atoms with Crippen molar-refractivity contribution >= 4 is 11.9 Å². The third kappa shape index (κ3) is 46.4. The van der Waals surface area contributed by atoms with Crippen molar-refractivity contribution in [2.75, 3.05) is 52.4 Å². The van der Waals surface area contributed by atoms with Crippen LogP contribution in [-0.2, 0) is 9.59 Å². The van der Waals surface area contributed by atoms with Gasteiger partial charge in [-0.2, -0.15) is 0 Å². The topological polar surface area (TPSA) is 80.3 Å². The largest absolute Gasteiger partial charge is 0.550 e. The van der Waals surface area contributed by atoms with E-state index in [0.29, 0.717) is 12.8 Å². The van der Waals surface area contributed by atoms with Crippen LogP contribution in [0.1, 0.15) is 287 Å². The minimum absolute atomic E-state index is 0.0761. The average molecular weight is 853 g/mol. The molecule has 0 amide bonds. The van der Waals surface area contributed by atoms with Crippen LogP contribution < -0.4 is 10.2 Å². The number of unbranched alkanes of at least 4 members (excludes halogenated alkanes) is 29. The maximum absolute atomic E-state index is 9.77. The van der Waals surface area contributed by atoms with Crippen molar-refractivity contribution < 1.29 is 28.8 Å². The molecule has 0 aliphatic rings. The van der Waals surface area contributed by atoms with E-state index in [9.17, 15) is 19.8 Å². The third-order valence-corrected chi connectivity index (χ3v) is 13.6. The Morgan fingerprint density at radius 1 is 0.267 bits per heavy atom. The van der Waals surface area contributed by atoms with E-state index in [1.807, 2.05) is 0 Å². The van der Waals surface area contributed by atoms with Gasteiger partial charge in [0.2, 0.25) is 0 Å². The van der Waals surface area contributed by atoms with Crippen LogP contribution in [0, 0.1) is 0 Å². The predicted molar refractivity (Wildman–Crippen MR) is 261 cm³/mol. The number of nitrogens with zero attached hydrogens (tertiary/aromatic N) is 2. The summed E-state index contributed by atoms with van der Waals surface area (Å²) in [5.74, 6) is -2.28. The summed E-state index contributed by atoms with van der Waals surface area (Å²) in [7, 11) is 0. The summed E-state index contributed by atoms with van der Waals surface area (Å²) in [6.07, 6.45) is 46.8. The smallest absolute Gasteiger partial charge is 0.0786 e. The van der Waals surface area contributed by atoms with E-state index in [0.717, 1.165) is 0 Å². The zero-order valence-electron chi connectivity index (χ0n) is 42.6. The molecule has 0 N–H and O–H groups in total. The fourth-order valence-electron chi connectivity index (χ4n) is 8.80. The standard InChI is InChI=1S/2C24H52N.C6H10O4/c2*1-5-9-11-13-15-17-19-21-23-25(7-3,8-4)24-22-20-18-16-14-12-10-6-2;7-5(8)3-1-2-4-6(9)10/h2*5-24H2,1-4H3;1-4H2,(H,7,8)(H,9,10)/q2*+1;/p-2. The Morgan fingerprint density at radius 2 is 0.433 bits per heavy atom. The normalized spacial score (nSPS) is 11.5. The van der Waals surface area contributed by atoms with Gasteiger partial charge in [-0.3, -0.25) is 0 Å². The van der Waals surface area contributed by atoms with Gasteiger partial charge in [0.1, 0.15) is 0 Å². The summed E-state index contributed by atoms with van der Waals surface area (Å²) in [6.45, 7) is 29.9. The number of carboxylic acids is 2. The van der Waals surface area contributed by atoms with Gasteiger partial charge in [-0.15, -0.1) is 0 Å². The molecule has 362 valence electrons. The number of quaternary nitrogens is 2. The molecule has 0 heterocycles. The second-order valence-corrected chi connectivity index (χ2v) is 18.7. The molecule has 0 radical (unpaired) electrons. The number of hydrogen-bond donors (Lipinski definition) is 0. The Hall–Kier alpha value is -1.14. The summed E-state index contributed by atoms with van der Waals surface area (Å²) < 4.78 is 2.76. The molecule has 0 saturated heterocycles. The van der Waals surface area contributed by atoms with Crippen LogP contribution in [0.3, 0.4) is 0 Å². The van der Waals surface area contributed by atoms with E-state index < -0.39 is 11.9 Å². The predicted octanol–water partition coefficient (Wildman–Crippen LogP) is 14.3. The van der Waals surface area contributed by atoms with Crippen LogP contribution in [0.5, 0.6) is 0 Å². The maximum atomic E-state index is 9.77. The molecule has 0 unspecified atom stereocenters. The molecule has 0 aromatic rings. The third-order valence-electron chi connectivity index (χ3n) is 13.6. The molecule has 0 saturated carbocycles. The number of hydrogen-bond acceptors (Lipinski definition) is 4. The highest BCUT2D eigenvalue weighted by atomic mass is 16.4. The number of carbonyl (C=O) groups is 2. The van der Waals surface area contributed by atoms with Crippen molar-refractivity contribution in [2.45, 2.75) is 287 Å². The minimum Gasteiger partial charge on any atom is -0.550 e. The first kappa shape index (κ1) is 63.2. The van der Waals surface area contributed by atoms with Gasteiger partial charge in [-0.25, -0.2) is 0 Å². The highest BCUT2D eigenvalue weighted by Gasteiger charge is 2.22.